The van der Waals surface area contributed by atoms with Crippen molar-refractivity contribution in [3.63, 3.8) is 0 Å². The molecule has 4 rings (SSSR count). The van der Waals surface area contributed by atoms with E-state index in [0.29, 0.717) is 25.9 Å². The Balaban J connectivity index is 0.00000504. The van der Waals surface area contributed by atoms with Crippen LogP contribution in [0.25, 0.3) is 0 Å². The van der Waals surface area contributed by atoms with Crippen LogP contribution < -0.4 is 32.7 Å². The molecular weight excluding hydrogens is 747 g/mol. The van der Waals surface area contributed by atoms with Crippen molar-refractivity contribution in [1.29, 1.82) is 0 Å². The predicted molar refractivity (Wildman–Crippen MR) is 200 cm³/mol. The number of aliphatic carboxylic acids is 2. The Kier molecular flexibility index (Phi) is 18.9. The molecular formula is C36H46Cl2N6O10. The summed E-state index contributed by atoms with van der Waals surface area (Å²) in [5.74, 6) is -0.0778. The van der Waals surface area contributed by atoms with Crippen LogP contribution in [-0.2, 0) is 54.6 Å². The summed E-state index contributed by atoms with van der Waals surface area (Å²) in [6, 6.07) is 10.9. The zero-order valence-electron chi connectivity index (χ0n) is 29.3. The number of nitrogens with one attached hydrogen (secondary N) is 4. The fourth-order valence-electron chi connectivity index (χ4n) is 6.31. The predicted octanol–water partition coefficient (Wildman–Crippen LogP) is 0.689. The number of nitrogens with two attached hydrogens (primary N) is 2. The lowest BCUT2D eigenvalue weighted by molar-refractivity contribution is -0.143. The second-order valence-electron chi connectivity index (χ2n) is 12.5. The Bertz CT molecular complexity index is 1550. The van der Waals surface area contributed by atoms with Gasteiger partial charge in [-0.15, -0.1) is 24.8 Å². The highest BCUT2D eigenvalue weighted by Crippen LogP contribution is 2.23. The van der Waals surface area contributed by atoms with Crippen molar-refractivity contribution in [2.45, 2.75) is 62.9 Å². The van der Waals surface area contributed by atoms with E-state index in [-0.39, 0.29) is 62.3 Å². The van der Waals surface area contributed by atoms with E-state index in [0.717, 1.165) is 22.3 Å². The first-order valence-electron chi connectivity index (χ1n) is 16.9. The van der Waals surface area contributed by atoms with Gasteiger partial charge in [0.15, 0.2) is 13.2 Å². The number of ether oxygens (including phenoxy) is 2. The van der Waals surface area contributed by atoms with Gasteiger partial charge in [-0.3, -0.25) is 19.2 Å². The Labute approximate surface area is 324 Å². The number of alkyl carbamates (subject to hydrolysis) is 2. The second-order valence-corrected chi connectivity index (χ2v) is 12.5. The number of hydrogen-bond donors (Lipinski definition) is 8. The van der Waals surface area contributed by atoms with Gasteiger partial charge in [-0.2, -0.15) is 0 Å². The van der Waals surface area contributed by atoms with E-state index in [2.05, 4.69) is 33.1 Å². The Morgan fingerprint density at radius 2 is 0.963 bits per heavy atom. The minimum atomic E-state index is -1.21. The molecule has 54 heavy (non-hydrogen) atoms. The Morgan fingerprint density at radius 3 is 1.28 bits per heavy atom. The highest BCUT2D eigenvalue weighted by molar-refractivity contribution is 5.91. The molecule has 0 radical (unpaired) electrons. The number of benzene rings is 2. The van der Waals surface area contributed by atoms with Crippen LogP contribution in [0.5, 0.6) is 0 Å². The van der Waals surface area contributed by atoms with Gasteiger partial charge in [0.2, 0.25) is 0 Å². The van der Waals surface area contributed by atoms with Crippen LogP contribution in [0.3, 0.4) is 0 Å². The number of aryl methyl sites for hydroxylation is 2. The number of carboxylic acid groups (broad SMARTS) is 2. The number of hydrogen-bond acceptors (Lipinski definition) is 12. The molecule has 2 aromatic carbocycles. The topological polar surface area (TPSA) is 262 Å². The highest BCUT2D eigenvalue weighted by atomic mass is 35.5. The summed E-state index contributed by atoms with van der Waals surface area (Å²) in [6.07, 6.45) is -0.890. The molecule has 294 valence electrons. The van der Waals surface area contributed by atoms with Crippen molar-refractivity contribution in [1.82, 2.24) is 21.3 Å². The molecule has 2 aromatic rings. The average molecular weight is 794 g/mol. The van der Waals surface area contributed by atoms with E-state index in [1.807, 2.05) is 48.5 Å². The lowest BCUT2D eigenvalue weighted by Gasteiger charge is -2.21. The maximum absolute atomic E-state index is 13.1. The lowest BCUT2D eigenvalue weighted by Crippen LogP contribution is -2.46. The van der Waals surface area contributed by atoms with E-state index < -0.39 is 73.3 Å². The van der Waals surface area contributed by atoms with Gasteiger partial charge in [0.05, 0.1) is 23.9 Å². The van der Waals surface area contributed by atoms with Crippen LogP contribution in [0.1, 0.15) is 35.1 Å². The largest absolute Gasteiger partial charge is 0.480 e. The van der Waals surface area contributed by atoms with Gasteiger partial charge in [-0.25, -0.2) is 9.59 Å². The van der Waals surface area contributed by atoms with Gasteiger partial charge < -0.3 is 52.4 Å². The highest BCUT2D eigenvalue weighted by Gasteiger charge is 2.46. The van der Waals surface area contributed by atoms with Crippen molar-refractivity contribution >= 4 is 60.5 Å². The number of amides is 2. The molecule has 2 heterocycles. The van der Waals surface area contributed by atoms with Crippen molar-refractivity contribution < 1.29 is 48.5 Å². The van der Waals surface area contributed by atoms with Gasteiger partial charge in [0.25, 0.3) is 0 Å². The first-order valence-corrected chi connectivity index (χ1v) is 16.9. The molecule has 6 atom stereocenters. The van der Waals surface area contributed by atoms with Gasteiger partial charge in [-0.05, 0) is 35.1 Å². The van der Waals surface area contributed by atoms with Gasteiger partial charge >= 0.3 is 24.1 Å². The van der Waals surface area contributed by atoms with Crippen LogP contribution in [0.4, 0.5) is 9.59 Å². The van der Waals surface area contributed by atoms with Crippen molar-refractivity contribution in [3.05, 3.63) is 70.8 Å². The smallest absolute Gasteiger partial charge is 0.408 e. The summed E-state index contributed by atoms with van der Waals surface area (Å²) in [7, 11) is 0. The van der Waals surface area contributed by atoms with Crippen molar-refractivity contribution in [2.24, 2.45) is 23.3 Å². The molecule has 10 N–H and O–H groups in total. The molecule has 2 amide bonds. The van der Waals surface area contributed by atoms with Crippen LogP contribution in [-0.4, -0.2) is 96.4 Å². The molecule has 6 unspecified atom stereocenters. The van der Waals surface area contributed by atoms with Crippen LogP contribution in [0.2, 0.25) is 0 Å². The maximum Gasteiger partial charge on any atom is 0.408 e. The minimum Gasteiger partial charge on any atom is -0.480 e. The fourth-order valence-corrected chi connectivity index (χ4v) is 6.31. The van der Waals surface area contributed by atoms with Crippen molar-refractivity contribution in [2.75, 3.05) is 26.3 Å². The number of carbonyl (C=O) groups is 6. The minimum absolute atomic E-state index is 0. The maximum atomic E-state index is 13.1. The first-order chi connectivity index (χ1) is 25.0. The SMILES string of the molecule is Cl.Cl.NCc1ccc(CCC(=O)C2C(NC(=O)OCC#CCOC(=O)NC3CNC(C(=O)O)C3C(=O)CCc3ccc(CN)cc3)CNC2C(=O)O)cc1. The van der Waals surface area contributed by atoms with E-state index in [4.69, 9.17) is 20.9 Å². The second kappa shape index (κ2) is 22.5. The zero-order chi connectivity index (χ0) is 37.6. The molecule has 0 aliphatic carbocycles. The van der Waals surface area contributed by atoms with E-state index in [1.54, 1.807) is 0 Å². The van der Waals surface area contributed by atoms with E-state index >= 15 is 0 Å². The third-order valence-corrected chi connectivity index (χ3v) is 9.10. The standard InChI is InChI=1S/C36H44N6O10.2ClH/c37-17-23-7-3-21(4-8-23)11-13-27(43)29-25(19-39-31(29)33(45)46)41-35(49)51-15-1-2-16-52-36(50)42-26-20-40-32(34(47)48)30(26)28(44)14-12-22-5-9-24(18-38)10-6-22;;/h3-10,25-26,29-32,39-40H,11-20,37-38H2,(H,41,49)(H,42,50)(H,45,46)(H,47,48);2*1H. The number of halogens is 2. The molecule has 0 saturated carbocycles. The summed E-state index contributed by atoms with van der Waals surface area (Å²) >= 11 is 0. The van der Waals surface area contributed by atoms with Crippen molar-refractivity contribution in [3.8, 4) is 11.8 Å². The first kappa shape index (κ1) is 45.4. The quantitative estimate of drug-likeness (QED) is 0.109. The third-order valence-electron chi connectivity index (χ3n) is 9.10. The Hall–Kier alpha value is -4.76. The molecule has 0 bridgehead atoms. The van der Waals surface area contributed by atoms with Crippen LogP contribution >= 0.6 is 24.8 Å². The molecule has 0 aromatic heterocycles. The molecule has 16 nitrogen and oxygen atoms in total. The molecule has 2 fully saturated rings. The number of carboxylic acids is 2. The fraction of sp³-hybridized carbons (Fsp3) is 0.444. The molecule has 18 heteroatoms. The summed E-state index contributed by atoms with van der Waals surface area (Å²) in [5, 5.41) is 29.9. The van der Waals surface area contributed by atoms with Gasteiger partial charge in [-0.1, -0.05) is 60.4 Å². The number of ketones is 2. The molecule has 0 spiro atoms. The monoisotopic (exact) mass is 792 g/mol. The van der Waals surface area contributed by atoms with Crippen LogP contribution in [0.15, 0.2) is 48.5 Å². The third kappa shape index (κ3) is 13.0. The summed E-state index contributed by atoms with van der Waals surface area (Å²) in [6.45, 7) is 0.0810. The van der Waals surface area contributed by atoms with E-state index in [9.17, 15) is 39.0 Å². The number of rotatable bonds is 16. The molecule has 2 saturated heterocycles. The summed E-state index contributed by atoms with van der Waals surface area (Å²) in [5.41, 5.74) is 14.9. The summed E-state index contributed by atoms with van der Waals surface area (Å²) in [4.78, 5) is 74.8. The van der Waals surface area contributed by atoms with Crippen LogP contribution in [0, 0.1) is 23.7 Å². The molecule has 2 aliphatic rings. The lowest BCUT2D eigenvalue weighted by atomic mass is 9.88. The summed E-state index contributed by atoms with van der Waals surface area (Å²) < 4.78 is 10.1. The van der Waals surface area contributed by atoms with Gasteiger partial charge in [0, 0.05) is 39.0 Å². The van der Waals surface area contributed by atoms with E-state index in [1.165, 1.54) is 0 Å². The Morgan fingerprint density at radius 1 is 0.630 bits per heavy atom. The average Bonchev–Trinajstić information content (AvgIpc) is 3.76. The van der Waals surface area contributed by atoms with Gasteiger partial charge in [0.1, 0.15) is 23.7 Å². The number of Topliss-reactive ketones (excluding diaryl/α,β-unsaturated/α-hetero) is 2. The normalized spacial score (nSPS) is 21.2. The molecule has 2 aliphatic heterocycles. The number of carbonyl (C=O) groups excluding carboxylic acids is 4. The zero-order valence-corrected chi connectivity index (χ0v) is 30.9.